The number of nitrogens with zero attached hydrogens (tertiary/aromatic N) is 6. The number of hydrogen-bond acceptors (Lipinski definition) is 11. The molecule has 198 valence electrons. The Labute approximate surface area is 221 Å². The van der Waals surface area contributed by atoms with Crippen molar-refractivity contribution in [2.24, 2.45) is 0 Å². The van der Waals surface area contributed by atoms with Crippen LogP contribution in [0.2, 0.25) is 0 Å². The van der Waals surface area contributed by atoms with Gasteiger partial charge in [-0.25, -0.2) is 14.8 Å². The normalized spacial score (nSPS) is 13.4. The monoisotopic (exact) mass is 528 g/mol. The lowest BCUT2D eigenvalue weighted by Crippen LogP contribution is -2.18. The Morgan fingerprint density at radius 3 is 2.74 bits per heavy atom. The zero-order chi connectivity index (χ0) is 26.8. The van der Waals surface area contributed by atoms with E-state index < -0.39 is 11.7 Å². The minimum atomic E-state index is -0.590. The predicted molar refractivity (Wildman–Crippen MR) is 138 cm³/mol. The van der Waals surface area contributed by atoms with Gasteiger partial charge in [0.15, 0.2) is 24.1 Å². The number of aryl methyl sites for hydroxylation is 1. The van der Waals surface area contributed by atoms with E-state index in [0.29, 0.717) is 42.3 Å². The summed E-state index contributed by atoms with van der Waals surface area (Å²) in [6.07, 6.45) is 3.09. The fourth-order valence-electron chi connectivity index (χ4n) is 4.25. The lowest BCUT2D eigenvalue weighted by Gasteiger charge is -2.24. The third-order valence-electron chi connectivity index (χ3n) is 5.96. The molecule has 0 saturated carbocycles. The average Bonchev–Trinajstić information content (AvgIpc) is 3.58. The fraction of sp³-hybridized carbons (Fsp3) is 0.231. The van der Waals surface area contributed by atoms with Crippen molar-refractivity contribution in [3.8, 4) is 28.8 Å². The molecule has 0 amide bonds. The molecule has 0 radical (unpaired) electrons. The Morgan fingerprint density at radius 1 is 1.18 bits per heavy atom. The largest absolute Gasteiger partial charge is 0.490 e. The summed E-state index contributed by atoms with van der Waals surface area (Å²) in [5.74, 6) is 2.71. The van der Waals surface area contributed by atoms with E-state index in [4.69, 9.17) is 18.7 Å². The van der Waals surface area contributed by atoms with E-state index in [1.54, 1.807) is 25.4 Å². The molecule has 4 heterocycles. The van der Waals surface area contributed by atoms with Gasteiger partial charge in [-0.1, -0.05) is 5.16 Å². The van der Waals surface area contributed by atoms with Gasteiger partial charge in [-0.2, -0.15) is 4.98 Å². The predicted octanol–water partition coefficient (Wildman–Crippen LogP) is 3.18. The summed E-state index contributed by atoms with van der Waals surface area (Å²) in [4.78, 5) is 28.3. The van der Waals surface area contributed by atoms with Crippen molar-refractivity contribution < 1.29 is 18.7 Å². The third kappa shape index (κ3) is 4.94. The van der Waals surface area contributed by atoms with Gasteiger partial charge in [0.05, 0.1) is 13.2 Å². The van der Waals surface area contributed by atoms with Gasteiger partial charge in [-0.15, -0.1) is 9.78 Å². The molecule has 0 aliphatic carbocycles. The highest BCUT2D eigenvalue weighted by molar-refractivity contribution is 5.61. The standard InChI is InChI=1S/C26H24N8O5/c1-3-37-20-12-17(11-18-13-36-14-38-22(18)20)21(24-31-26(35)34(32-24)25-27-9-4-10-28-25)30-19-7-5-16(6-8-19)23-29-15(2)39-33-23/h4-12,21,30H,3,13-14H2,1-2H3,(H,31,32,35). The Hall–Kier alpha value is -5.04. The Balaban J connectivity index is 1.42. The molecular formula is C26H24N8O5. The van der Waals surface area contributed by atoms with Crippen LogP contribution in [0.3, 0.4) is 0 Å². The van der Waals surface area contributed by atoms with E-state index in [1.165, 1.54) is 0 Å². The number of rotatable bonds is 8. The molecular weight excluding hydrogens is 504 g/mol. The van der Waals surface area contributed by atoms with Crippen LogP contribution < -0.4 is 20.5 Å². The number of nitrogens with one attached hydrogen (secondary N) is 2. The summed E-state index contributed by atoms with van der Waals surface area (Å²) >= 11 is 0. The smallest absolute Gasteiger partial charge is 0.350 e. The molecule has 1 aliphatic heterocycles. The van der Waals surface area contributed by atoms with E-state index >= 15 is 0 Å². The van der Waals surface area contributed by atoms with E-state index in [-0.39, 0.29) is 12.7 Å². The van der Waals surface area contributed by atoms with Crippen molar-refractivity contribution in [3.05, 3.63) is 88.2 Å². The number of benzene rings is 2. The number of hydrogen-bond donors (Lipinski definition) is 2. The van der Waals surface area contributed by atoms with Gasteiger partial charge in [0, 0.05) is 36.1 Å². The number of aromatic nitrogens is 7. The second kappa shape index (κ2) is 10.4. The van der Waals surface area contributed by atoms with Gasteiger partial charge in [0.25, 0.3) is 5.95 Å². The van der Waals surface area contributed by atoms with Crippen molar-refractivity contribution in [2.75, 3.05) is 18.7 Å². The minimum Gasteiger partial charge on any atom is -0.490 e. The van der Waals surface area contributed by atoms with Crippen molar-refractivity contribution in [3.63, 3.8) is 0 Å². The average molecular weight is 529 g/mol. The summed E-state index contributed by atoms with van der Waals surface area (Å²) in [6.45, 7) is 4.60. The van der Waals surface area contributed by atoms with Gasteiger partial charge in [-0.3, -0.25) is 4.98 Å². The highest BCUT2D eigenvalue weighted by Gasteiger charge is 2.26. The molecule has 13 heteroatoms. The molecule has 1 aliphatic rings. The first-order chi connectivity index (χ1) is 19.1. The third-order valence-corrected chi connectivity index (χ3v) is 5.96. The summed E-state index contributed by atoms with van der Waals surface area (Å²) in [5.41, 5.74) is 2.69. The zero-order valence-corrected chi connectivity index (χ0v) is 21.1. The van der Waals surface area contributed by atoms with Crippen molar-refractivity contribution in [2.45, 2.75) is 26.5 Å². The van der Waals surface area contributed by atoms with Gasteiger partial charge in [0.2, 0.25) is 11.7 Å². The second-order valence-corrected chi connectivity index (χ2v) is 8.62. The molecule has 13 nitrogen and oxygen atoms in total. The molecule has 0 saturated heterocycles. The number of ether oxygens (including phenoxy) is 3. The topological polar surface area (TPSA) is 155 Å². The van der Waals surface area contributed by atoms with E-state index in [2.05, 4.69) is 35.5 Å². The lowest BCUT2D eigenvalue weighted by atomic mass is 10.0. The summed E-state index contributed by atoms with van der Waals surface area (Å²) in [6, 6.07) is 12.4. The number of fused-ring (bicyclic) bond motifs is 1. The van der Waals surface area contributed by atoms with Crippen LogP contribution in [0.1, 0.15) is 35.8 Å². The summed E-state index contributed by atoms with van der Waals surface area (Å²) < 4.78 is 23.4. The molecule has 6 rings (SSSR count). The van der Waals surface area contributed by atoms with E-state index in [1.807, 2.05) is 43.3 Å². The fourth-order valence-corrected chi connectivity index (χ4v) is 4.25. The van der Waals surface area contributed by atoms with E-state index in [9.17, 15) is 4.79 Å². The van der Waals surface area contributed by atoms with Crippen molar-refractivity contribution in [1.82, 2.24) is 34.9 Å². The van der Waals surface area contributed by atoms with Crippen LogP contribution in [0.25, 0.3) is 17.3 Å². The Bertz CT molecular complexity index is 1650. The van der Waals surface area contributed by atoms with Gasteiger partial charge < -0.3 is 24.1 Å². The van der Waals surface area contributed by atoms with Crippen LogP contribution >= 0.6 is 0 Å². The minimum absolute atomic E-state index is 0.148. The molecule has 2 aromatic carbocycles. The van der Waals surface area contributed by atoms with Crippen LogP contribution in [-0.4, -0.2) is 48.3 Å². The van der Waals surface area contributed by atoms with Crippen LogP contribution in [0.4, 0.5) is 5.69 Å². The molecule has 1 atom stereocenters. The lowest BCUT2D eigenvalue weighted by molar-refractivity contribution is -0.0183. The van der Waals surface area contributed by atoms with Gasteiger partial charge in [-0.05, 0) is 55.0 Å². The van der Waals surface area contributed by atoms with Crippen LogP contribution in [0.15, 0.2) is 64.2 Å². The quantitative estimate of drug-likeness (QED) is 0.305. The van der Waals surface area contributed by atoms with Gasteiger partial charge in [0.1, 0.15) is 6.04 Å². The molecule has 5 aromatic rings. The SMILES string of the molecule is CCOc1cc(C(Nc2ccc(-c3noc(C)n3)cc2)c2nn(-c3ncccn3)c(=O)[nH]2)cc2c1OCOC2. The van der Waals surface area contributed by atoms with Crippen molar-refractivity contribution >= 4 is 5.69 Å². The molecule has 1 unspecified atom stereocenters. The Morgan fingerprint density at radius 2 is 2.00 bits per heavy atom. The maximum Gasteiger partial charge on any atom is 0.350 e. The summed E-state index contributed by atoms with van der Waals surface area (Å²) in [5, 5.41) is 12.0. The zero-order valence-electron chi connectivity index (χ0n) is 21.1. The molecule has 0 fully saturated rings. The maximum absolute atomic E-state index is 12.9. The van der Waals surface area contributed by atoms with Crippen LogP contribution in [0, 0.1) is 6.92 Å². The number of H-pyrrole nitrogens is 1. The molecule has 0 bridgehead atoms. The highest BCUT2D eigenvalue weighted by atomic mass is 16.7. The molecule has 0 spiro atoms. The first kappa shape index (κ1) is 24.3. The highest BCUT2D eigenvalue weighted by Crippen LogP contribution is 2.39. The number of aromatic amines is 1. The van der Waals surface area contributed by atoms with Crippen LogP contribution in [0.5, 0.6) is 11.5 Å². The summed E-state index contributed by atoms with van der Waals surface area (Å²) in [7, 11) is 0. The second-order valence-electron chi connectivity index (χ2n) is 8.62. The first-order valence-corrected chi connectivity index (χ1v) is 12.2. The van der Waals surface area contributed by atoms with Crippen LogP contribution in [-0.2, 0) is 11.3 Å². The van der Waals surface area contributed by atoms with Gasteiger partial charge >= 0.3 is 5.69 Å². The molecule has 39 heavy (non-hydrogen) atoms. The molecule has 2 N–H and O–H groups in total. The first-order valence-electron chi connectivity index (χ1n) is 12.2. The van der Waals surface area contributed by atoms with E-state index in [0.717, 1.165) is 27.1 Å². The number of anilines is 1. The molecule has 3 aromatic heterocycles. The Kier molecular flexibility index (Phi) is 6.47. The van der Waals surface area contributed by atoms with Crippen molar-refractivity contribution in [1.29, 1.82) is 0 Å². The maximum atomic E-state index is 12.9.